The van der Waals surface area contributed by atoms with E-state index in [1.807, 2.05) is 18.2 Å². The van der Waals surface area contributed by atoms with Crippen LogP contribution in [0.5, 0.6) is 0 Å². The minimum atomic E-state index is -1.08. The van der Waals surface area contributed by atoms with Gasteiger partial charge in [0.25, 0.3) is 5.56 Å². The summed E-state index contributed by atoms with van der Waals surface area (Å²) in [5.74, 6) is 0. The predicted molar refractivity (Wildman–Crippen MR) is 80.1 cm³/mol. The van der Waals surface area contributed by atoms with Gasteiger partial charge in [-0.05, 0) is 18.2 Å². The number of fused-ring (bicyclic) bond motifs is 1. The summed E-state index contributed by atoms with van der Waals surface area (Å²) in [6, 6.07) is 6.72. The molecule has 0 bridgehead atoms. The van der Waals surface area contributed by atoms with Crippen LogP contribution in [0.1, 0.15) is 0 Å². The third-order valence-electron chi connectivity index (χ3n) is 2.96. The molecule has 102 valence electrons. The number of aromatic nitrogens is 2. The summed E-state index contributed by atoms with van der Waals surface area (Å²) in [4.78, 5) is 16.3. The van der Waals surface area contributed by atoms with Crippen molar-refractivity contribution in [1.82, 2.24) is 9.55 Å². The minimum absolute atomic E-state index is 0.0916. The largest absolute Gasteiger partial charge is 0.361 e. The van der Waals surface area contributed by atoms with Gasteiger partial charge in [-0.3, -0.25) is 14.3 Å². The highest BCUT2D eigenvalue weighted by Crippen LogP contribution is 2.08. The topological polar surface area (TPSA) is 44.1 Å². The van der Waals surface area contributed by atoms with Crippen LogP contribution in [0.25, 0.3) is 10.9 Å². The van der Waals surface area contributed by atoms with Crippen LogP contribution in [0.3, 0.4) is 0 Å². The maximum absolute atomic E-state index is 12.1. The van der Waals surface area contributed by atoms with Crippen LogP contribution in [0.4, 0.5) is 0 Å². The second kappa shape index (κ2) is 5.67. The first kappa shape index (κ1) is 14.0. The van der Waals surface area contributed by atoms with Gasteiger partial charge < -0.3 is 4.74 Å². The van der Waals surface area contributed by atoms with Gasteiger partial charge in [0.05, 0.1) is 0 Å². The summed E-state index contributed by atoms with van der Waals surface area (Å²) in [5.41, 5.74) is 0.407. The summed E-state index contributed by atoms with van der Waals surface area (Å²) in [6.45, 7) is 7.94. The lowest BCUT2D eigenvalue weighted by molar-refractivity contribution is 0.0851. The average Bonchev–Trinajstić information content (AvgIpc) is 2.36. The fourth-order valence-electron chi connectivity index (χ4n) is 1.75. The summed E-state index contributed by atoms with van der Waals surface area (Å²) < 4.78 is 7.16. The third kappa shape index (κ3) is 3.75. The van der Waals surface area contributed by atoms with Gasteiger partial charge in [0, 0.05) is 32.5 Å². The van der Waals surface area contributed by atoms with E-state index in [2.05, 4.69) is 24.6 Å². The second-order valence-electron chi connectivity index (χ2n) is 5.88. The van der Waals surface area contributed by atoms with Crippen molar-refractivity contribution in [2.24, 2.45) is 0 Å². The van der Waals surface area contributed by atoms with Crippen molar-refractivity contribution in [2.45, 2.75) is 32.4 Å². The Morgan fingerprint density at radius 2 is 2.11 bits per heavy atom. The summed E-state index contributed by atoms with van der Waals surface area (Å²) in [5, 5.41) is 0.867. The van der Waals surface area contributed by atoms with Crippen molar-refractivity contribution in [2.75, 3.05) is 6.61 Å². The Labute approximate surface area is 114 Å². The second-order valence-corrected chi connectivity index (χ2v) is 11.5. The van der Waals surface area contributed by atoms with Crippen LogP contribution in [-0.4, -0.2) is 24.2 Å². The first-order chi connectivity index (χ1) is 8.97. The molecule has 4 nitrogen and oxygen atoms in total. The SMILES string of the molecule is C[Si](C)(C)CCOCn1ccc2cccnc2c1=O. The molecule has 0 aromatic carbocycles. The van der Waals surface area contributed by atoms with E-state index in [1.165, 1.54) is 0 Å². The molecule has 19 heavy (non-hydrogen) atoms. The van der Waals surface area contributed by atoms with Crippen LogP contribution >= 0.6 is 0 Å². The van der Waals surface area contributed by atoms with Crippen molar-refractivity contribution in [3.8, 4) is 0 Å². The number of pyridine rings is 2. The van der Waals surface area contributed by atoms with Gasteiger partial charge in [0.1, 0.15) is 12.2 Å². The lowest BCUT2D eigenvalue weighted by Gasteiger charge is -2.15. The van der Waals surface area contributed by atoms with Crippen molar-refractivity contribution in [3.05, 3.63) is 40.9 Å². The molecule has 2 rings (SSSR count). The highest BCUT2D eigenvalue weighted by Gasteiger charge is 2.12. The van der Waals surface area contributed by atoms with Gasteiger partial charge >= 0.3 is 0 Å². The van der Waals surface area contributed by atoms with E-state index in [-0.39, 0.29) is 5.56 Å². The molecule has 2 aromatic heterocycles. The predicted octanol–water partition coefficient (Wildman–Crippen LogP) is 2.71. The number of rotatable bonds is 5. The molecule has 2 heterocycles. The number of ether oxygens (including phenoxy) is 1. The van der Waals surface area contributed by atoms with Gasteiger partial charge in [-0.1, -0.05) is 25.7 Å². The molecule has 2 aromatic rings. The zero-order chi connectivity index (χ0) is 13.9. The third-order valence-corrected chi connectivity index (χ3v) is 4.67. The Bertz CT molecular complexity index is 617. The molecule has 5 heteroatoms. The van der Waals surface area contributed by atoms with E-state index in [1.54, 1.807) is 17.0 Å². The molecule has 0 unspecified atom stereocenters. The molecule has 0 atom stereocenters. The van der Waals surface area contributed by atoms with Crippen LogP contribution in [-0.2, 0) is 11.5 Å². The van der Waals surface area contributed by atoms with Crippen LogP contribution in [0, 0.1) is 0 Å². The molecule has 0 saturated heterocycles. The number of hydrogen-bond donors (Lipinski definition) is 0. The molecule has 0 aliphatic carbocycles. The molecule has 0 aliphatic heterocycles. The van der Waals surface area contributed by atoms with E-state index >= 15 is 0 Å². The zero-order valence-corrected chi connectivity index (χ0v) is 12.7. The summed E-state index contributed by atoms with van der Waals surface area (Å²) in [6.07, 6.45) is 3.40. The Hall–Kier alpha value is -1.46. The summed E-state index contributed by atoms with van der Waals surface area (Å²) in [7, 11) is -1.08. The lowest BCUT2D eigenvalue weighted by Crippen LogP contribution is -2.24. The van der Waals surface area contributed by atoms with E-state index in [0.29, 0.717) is 18.9 Å². The van der Waals surface area contributed by atoms with Gasteiger partial charge in [-0.25, -0.2) is 0 Å². The van der Waals surface area contributed by atoms with Gasteiger partial charge in [-0.15, -0.1) is 0 Å². The van der Waals surface area contributed by atoms with Crippen molar-refractivity contribution >= 4 is 19.0 Å². The highest BCUT2D eigenvalue weighted by molar-refractivity contribution is 6.76. The van der Waals surface area contributed by atoms with Gasteiger partial charge in [0.15, 0.2) is 0 Å². The lowest BCUT2D eigenvalue weighted by atomic mass is 10.2. The molecule has 0 amide bonds. The zero-order valence-electron chi connectivity index (χ0n) is 11.7. The molecular weight excluding hydrogens is 256 g/mol. The first-order valence-corrected chi connectivity index (χ1v) is 10.2. The smallest absolute Gasteiger partial charge is 0.278 e. The molecule has 0 fully saturated rings. The fourth-order valence-corrected chi connectivity index (χ4v) is 2.50. The molecule has 0 radical (unpaired) electrons. The Kier molecular flexibility index (Phi) is 4.16. The normalized spacial score (nSPS) is 11.9. The highest BCUT2D eigenvalue weighted by atomic mass is 28.3. The molecule has 0 aliphatic rings. The van der Waals surface area contributed by atoms with Crippen LogP contribution < -0.4 is 5.56 Å². The van der Waals surface area contributed by atoms with Crippen molar-refractivity contribution in [1.29, 1.82) is 0 Å². The standard InChI is InChI=1S/C14H20N2O2Si/c1-19(2,3)10-9-18-11-16-8-6-12-5-4-7-15-13(12)14(16)17/h4-8H,9-11H2,1-3H3. The quantitative estimate of drug-likeness (QED) is 0.623. The van der Waals surface area contributed by atoms with Gasteiger partial charge in [-0.2, -0.15) is 0 Å². The maximum Gasteiger partial charge on any atom is 0.278 e. The van der Waals surface area contributed by atoms with Crippen molar-refractivity contribution < 1.29 is 4.74 Å². The Morgan fingerprint density at radius 3 is 2.84 bits per heavy atom. The van der Waals surface area contributed by atoms with Gasteiger partial charge in [0.2, 0.25) is 0 Å². The van der Waals surface area contributed by atoms with Crippen molar-refractivity contribution in [3.63, 3.8) is 0 Å². The van der Waals surface area contributed by atoms with E-state index in [4.69, 9.17) is 4.74 Å². The number of nitrogens with zero attached hydrogens (tertiary/aromatic N) is 2. The first-order valence-electron chi connectivity index (χ1n) is 6.49. The molecule has 0 N–H and O–H groups in total. The van der Waals surface area contributed by atoms with Crippen LogP contribution in [0.2, 0.25) is 25.7 Å². The monoisotopic (exact) mass is 276 g/mol. The molecular formula is C14H20N2O2Si. The Balaban J connectivity index is 2.06. The van der Waals surface area contributed by atoms with E-state index in [9.17, 15) is 4.79 Å². The van der Waals surface area contributed by atoms with Crippen LogP contribution in [0.15, 0.2) is 35.4 Å². The summed E-state index contributed by atoms with van der Waals surface area (Å²) >= 11 is 0. The maximum atomic E-state index is 12.1. The Morgan fingerprint density at radius 1 is 1.32 bits per heavy atom. The fraction of sp³-hybridized carbons (Fsp3) is 0.429. The van der Waals surface area contributed by atoms with E-state index in [0.717, 1.165) is 11.4 Å². The minimum Gasteiger partial charge on any atom is -0.361 e. The average molecular weight is 276 g/mol. The molecule has 0 spiro atoms. The molecule has 0 saturated carbocycles. The number of hydrogen-bond acceptors (Lipinski definition) is 3. The van der Waals surface area contributed by atoms with E-state index < -0.39 is 8.07 Å².